The third-order valence-electron chi connectivity index (χ3n) is 4.11. The van der Waals surface area contributed by atoms with Gasteiger partial charge in [0.15, 0.2) is 0 Å². The zero-order valence-corrected chi connectivity index (χ0v) is 10.9. The minimum absolute atomic E-state index is 0.0682. The molecule has 2 fully saturated rings. The van der Waals surface area contributed by atoms with Gasteiger partial charge in [-0.2, -0.15) is 5.26 Å². The van der Waals surface area contributed by atoms with Crippen LogP contribution in [0.1, 0.15) is 26.7 Å². The summed E-state index contributed by atoms with van der Waals surface area (Å²) in [5.41, 5.74) is -0.705. The lowest BCUT2D eigenvalue weighted by atomic mass is 9.62. The van der Waals surface area contributed by atoms with Gasteiger partial charge < -0.3 is 9.80 Å². The summed E-state index contributed by atoms with van der Waals surface area (Å²) >= 11 is 0. The fourth-order valence-electron chi connectivity index (χ4n) is 3.16. The molecule has 2 aliphatic rings. The summed E-state index contributed by atoms with van der Waals surface area (Å²) in [7, 11) is 2.07. The summed E-state index contributed by atoms with van der Waals surface area (Å²) in [4.78, 5) is 16.6. The van der Waals surface area contributed by atoms with E-state index >= 15 is 0 Å². The average Bonchev–Trinajstić information content (AvgIpc) is 2.23. The fourth-order valence-corrected chi connectivity index (χ4v) is 3.16. The van der Waals surface area contributed by atoms with Crippen molar-refractivity contribution in [2.75, 3.05) is 26.7 Å². The van der Waals surface area contributed by atoms with Gasteiger partial charge in [0, 0.05) is 25.7 Å². The minimum Gasteiger partial charge on any atom is -0.336 e. The summed E-state index contributed by atoms with van der Waals surface area (Å²) < 4.78 is 0. The van der Waals surface area contributed by atoms with Crippen LogP contribution in [-0.4, -0.2) is 48.4 Å². The monoisotopic (exact) mass is 235 g/mol. The van der Waals surface area contributed by atoms with E-state index in [-0.39, 0.29) is 11.9 Å². The summed E-state index contributed by atoms with van der Waals surface area (Å²) in [6.07, 6.45) is 1.47. The largest absolute Gasteiger partial charge is 0.336 e. The Morgan fingerprint density at radius 2 is 2.00 bits per heavy atom. The van der Waals surface area contributed by atoms with Crippen LogP contribution >= 0.6 is 0 Å². The van der Waals surface area contributed by atoms with Gasteiger partial charge in [-0.1, -0.05) is 6.92 Å². The number of carbonyl (C=O) groups excluding carboxylic acids is 1. The highest BCUT2D eigenvalue weighted by Gasteiger charge is 2.51. The maximum absolute atomic E-state index is 12.5. The Balaban J connectivity index is 2.08. The predicted molar refractivity (Wildman–Crippen MR) is 65.1 cm³/mol. The molecule has 1 aliphatic heterocycles. The number of likely N-dealkylation sites (N-methyl/N-ethyl adjacent to an activating group) is 1. The van der Waals surface area contributed by atoms with Crippen molar-refractivity contribution in [3.8, 4) is 6.07 Å². The van der Waals surface area contributed by atoms with Crippen molar-refractivity contribution in [1.82, 2.24) is 9.80 Å². The second kappa shape index (κ2) is 4.30. The molecule has 1 saturated heterocycles. The highest BCUT2D eigenvalue weighted by atomic mass is 16.2. The van der Waals surface area contributed by atoms with E-state index in [1.807, 2.05) is 4.90 Å². The van der Waals surface area contributed by atoms with Crippen LogP contribution in [0.25, 0.3) is 0 Å². The first-order chi connectivity index (χ1) is 7.98. The molecule has 1 unspecified atom stereocenters. The topological polar surface area (TPSA) is 47.3 Å². The Labute approximate surface area is 103 Å². The first kappa shape index (κ1) is 12.4. The second-order valence-corrected chi connectivity index (χ2v) is 5.82. The summed E-state index contributed by atoms with van der Waals surface area (Å²) in [5.74, 6) is 0.583. The minimum atomic E-state index is -0.705. The Morgan fingerprint density at radius 3 is 2.47 bits per heavy atom. The van der Waals surface area contributed by atoms with Gasteiger partial charge in [0.1, 0.15) is 5.41 Å². The van der Waals surface area contributed by atoms with E-state index in [9.17, 15) is 10.1 Å². The number of amides is 1. The van der Waals surface area contributed by atoms with E-state index in [0.717, 1.165) is 32.5 Å². The SMILES string of the molecule is CC1CC(C#N)(C(=O)N2CCN(C)CC2C)C1. The van der Waals surface area contributed by atoms with Gasteiger partial charge in [0.25, 0.3) is 0 Å². The average molecular weight is 235 g/mol. The van der Waals surface area contributed by atoms with E-state index in [1.54, 1.807) is 0 Å². The van der Waals surface area contributed by atoms with Crippen molar-refractivity contribution in [2.24, 2.45) is 11.3 Å². The highest BCUT2D eigenvalue weighted by Crippen LogP contribution is 2.46. The summed E-state index contributed by atoms with van der Waals surface area (Å²) in [6, 6.07) is 2.49. The van der Waals surface area contributed by atoms with Crippen LogP contribution < -0.4 is 0 Å². The van der Waals surface area contributed by atoms with Gasteiger partial charge in [0.05, 0.1) is 6.07 Å². The Morgan fingerprint density at radius 1 is 1.35 bits per heavy atom. The molecule has 1 amide bonds. The maximum Gasteiger partial charge on any atom is 0.243 e. The first-order valence-electron chi connectivity index (χ1n) is 6.39. The van der Waals surface area contributed by atoms with Gasteiger partial charge >= 0.3 is 0 Å². The lowest BCUT2D eigenvalue weighted by Crippen LogP contribution is -2.58. The summed E-state index contributed by atoms with van der Waals surface area (Å²) in [6.45, 7) is 6.75. The zero-order chi connectivity index (χ0) is 12.6. The number of hydrogen-bond acceptors (Lipinski definition) is 3. The van der Waals surface area contributed by atoms with E-state index in [2.05, 4.69) is 31.9 Å². The molecule has 0 aromatic rings. The van der Waals surface area contributed by atoms with E-state index < -0.39 is 5.41 Å². The number of rotatable bonds is 1. The lowest BCUT2D eigenvalue weighted by molar-refractivity contribution is -0.149. The number of piperazine rings is 1. The molecule has 1 aliphatic carbocycles. The highest BCUT2D eigenvalue weighted by molar-refractivity contribution is 5.87. The van der Waals surface area contributed by atoms with Crippen molar-refractivity contribution in [2.45, 2.75) is 32.7 Å². The van der Waals surface area contributed by atoms with Crippen LogP contribution in [0.3, 0.4) is 0 Å². The van der Waals surface area contributed by atoms with Crippen LogP contribution in [0.5, 0.6) is 0 Å². The molecule has 0 aromatic carbocycles. The van der Waals surface area contributed by atoms with Gasteiger partial charge in [-0.25, -0.2) is 0 Å². The van der Waals surface area contributed by atoms with Crippen molar-refractivity contribution >= 4 is 5.91 Å². The molecule has 1 heterocycles. The van der Waals surface area contributed by atoms with E-state index in [0.29, 0.717) is 5.92 Å². The lowest BCUT2D eigenvalue weighted by Gasteiger charge is -2.46. The molecule has 4 heteroatoms. The van der Waals surface area contributed by atoms with Gasteiger partial charge in [-0.05, 0) is 32.7 Å². The molecular weight excluding hydrogens is 214 g/mol. The van der Waals surface area contributed by atoms with Crippen LogP contribution in [-0.2, 0) is 4.79 Å². The first-order valence-corrected chi connectivity index (χ1v) is 6.39. The normalized spacial score (nSPS) is 38.4. The third kappa shape index (κ3) is 2.04. The standard InChI is InChI=1S/C13H21N3O/c1-10-6-13(7-10,9-14)12(17)16-5-4-15(3)8-11(16)2/h10-11H,4-8H2,1-3H3. The Kier molecular flexibility index (Phi) is 3.13. The quantitative estimate of drug-likeness (QED) is 0.683. The van der Waals surface area contributed by atoms with Crippen molar-refractivity contribution in [1.29, 1.82) is 5.26 Å². The van der Waals surface area contributed by atoms with Crippen molar-refractivity contribution in [3.63, 3.8) is 0 Å². The molecule has 2 rings (SSSR count). The zero-order valence-electron chi connectivity index (χ0n) is 10.9. The van der Waals surface area contributed by atoms with Crippen LogP contribution in [0.2, 0.25) is 0 Å². The second-order valence-electron chi connectivity index (χ2n) is 5.82. The van der Waals surface area contributed by atoms with Gasteiger partial charge in [0.2, 0.25) is 5.91 Å². The predicted octanol–water partition coefficient (Wildman–Crippen LogP) is 1.09. The molecule has 1 saturated carbocycles. The summed E-state index contributed by atoms with van der Waals surface area (Å²) in [5, 5.41) is 9.29. The Hall–Kier alpha value is -1.08. The van der Waals surface area contributed by atoms with Gasteiger partial charge in [-0.15, -0.1) is 0 Å². The van der Waals surface area contributed by atoms with Crippen molar-refractivity contribution < 1.29 is 4.79 Å². The molecule has 0 bridgehead atoms. The molecule has 0 spiro atoms. The van der Waals surface area contributed by atoms with E-state index in [1.165, 1.54) is 0 Å². The number of carbonyl (C=O) groups is 1. The fraction of sp³-hybridized carbons (Fsp3) is 0.846. The molecule has 0 N–H and O–H groups in total. The van der Waals surface area contributed by atoms with Crippen LogP contribution in [0, 0.1) is 22.7 Å². The third-order valence-corrected chi connectivity index (χ3v) is 4.11. The smallest absolute Gasteiger partial charge is 0.243 e. The maximum atomic E-state index is 12.5. The molecule has 4 nitrogen and oxygen atoms in total. The molecule has 94 valence electrons. The van der Waals surface area contributed by atoms with Crippen LogP contribution in [0.4, 0.5) is 0 Å². The van der Waals surface area contributed by atoms with E-state index in [4.69, 9.17) is 0 Å². The number of nitriles is 1. The molecular formula is C13H21N3O. The molecule has 17 heavy (non-hydrogen) atoms. The number of nitrogens with zero attached hydrogens (tertiary/aromatic N) is 3. The molecule has 0 radical (unpaired) electrons. The van der Waals surface area contributed by atoms with Gasteiger partial charge in [-0.3, -0.25) is 4.79 Å². The molecule has 1 atom stereocenters. The molecule has 0 aromatic heterocycles. The number of hydrogen-bond donors (Lipinski definition) is 0. The van der Waals surface area contributed by atoms with Crippen LogP contribution in [0.15, 0.2) is 0 Å². The Bertz CT molecular complexity index is 354. The van der Waals surface area contributed by atoms with Crippen molar-refractivity contribution in [3.05, 3.63) is 0 Å².